The molecule has 0 fully saturated rings. The number of phenolic OH excluding ortho intramolecular Hbond substituents is 4. The first-order valence-corrected chi connectivity index (χ1v) is 11.9. The molecule has 5 aromatic rings. The second kappa shape index (κ2) is 10.7. The average molecular weight is 501 g/mol. The maximum absolute atomic E-state index is 10.6. The van der Waals surface area contributed by atoms with Crippen molar-refractivity contribution in [3.63, 3.8) is 0 Å². The van der Waals surface area contributed by atoms with Gasteiger partial charge in [0.25, 0.3) is 0 Å². The van der Waals surface area contributed by atoms with Crippen LogP contribution in [0.25, 0.3) is 0 Å². The molecule has 38 heavy (non-hydrogen) atoms. The molecule has 0 aliphatic rings. The van der Waals surface area contributed by atoms with Gasteiger partial charge in [-0.3, -0.25) is 0 Å². The molecule has 0 aliphatic heterocycles. The molecule has 186 valence electrons. The summed E-state index contributed by atoms with van der Waals surface area (Å²) in [5.41, 5.74) is 4.51. The lowest BCUT2D eigenvalue weighted by Crippen LogP contribution is -2.04. The zero-order valence-electron chi connectivity index (χ0n) is 20.2. The summed E-state index contributed by atoms with van der Waals surface area (Å²) in [6, 6.07) is 35.0. The van der Waals surface area contributed by atoms with Gasteiger partial charge in [0.05, 0.1) is 22.8 Å². The van der Waals surface area contributed by atoms with Crippen molar-refractivity contribution < 1.29 is 20.4 Å². The van der Waals surface area contributed by atoms with Crippen LogP contribution in [0.5, 0.6) is 23.0 Å². The van der Waals surface area contributed by atoms with Gasteiger partial charge in [0.1, 0.15) is 23.0 Å². The summed E-state index contributed by atoms with van der Waals surface area (Å²) in [7, 11) is 0. The normalized spacial score (nSPS) is 11.9. The number of para-hydroxylation sites is 2. The molecule has 6 nitrogen and oxygen atoms in total. The van der Waals surface area contributed by atoms with Gasteiger partial charge in [0.15, 0.2) is 0 Å². The minimum atomic E-state index is -0.104. The Bertz CT molecular complexity index is 1520. The van der Waals surface area contributed by atoms with Crippen LogP contribution in [0.2, 0.25) is 0 Å². The van der Waals surface area contributed by atoms with E-state index in [0.717, 1.165) is 11.1 Å². The highest BCUT2D eigenvalue weighted by Crippen LogP contribution is 2.34. The molecule has 4 N–H and O–H groups in total. The molecular weight excluding hydrogens is 476 g/mol. The number of aromatic hydroxyl groups is 4. The van der Waals surface area contributed by atoms with Crippen molar-refractivity contribution in [2.24, 2.45) is 9.98 Å². The molecule has 0 saturated heterocycles. The Morgan fingerprint density at radius 1 is 0.421 bits per heavy atom. The summed E-state index contributed by atoms with van der Waals surface area (Å²) < 4.78 is 0. The van der Waals surface area contributed by atoms with E-state index < -0.39 is 0 Å². The lowest BCUT2D eigenvalue weighted by molar-refractivity contribution is 0.449. The van der Waals surface area contributed by atoms with Crippen LogP contribution in [0.1, 0.15) is 22.3 Å². The molecule has 0 amide bonds. The van der Waals surface area contributed by atoms with Gasteiger partial charge in [-0.15, -0.1) is 0 Å². The number of hydrogen-bond acceptors (Lipinski definition) is 6. The van der Waals surface area contributed by atoms with Gasteiger partial charge >= 0.3 is 0 Å². The quantitative estimate of drug-likeness (QED) is 0.191. The van der Waals surface area contributed by atoms with E-state index in [9.17, 15) is 20.4 Å². The molecule has 0 radical (unpaired) electrons. The van der Waals surface area contributed by atoms with Crippen LogP contribution in [0.4, 0.5) is 11.4 Å². The Kier molecular flexibility index (Phi) is 6.87. The Balaban J connectivity index is 1.72. The molecule has 0 spiro atoms. The number of aliphatic imine (C=N–C) groups is 2. The number of rotatable bonds is 6. The van der Waals surface area contributed by atoms with E-state index in [-0.39, 0.29) is 23.0 Å². The predicted octanol–water partition coefficient (Wildman–Crippen LogP) is 6.85. The minimum Gasteiger partial charge on any atom is -0.508 e. The summed E-state index contributed by atoms with van der Waals surface area (Å²) in [6.45, 7) is 0. The van der Waals surface area contributed by atoms with Crippen LogP contribution in [0, 0.1) is 0 Å². The predicted molar refractivity (Wildman–Crippen MR) is 149 cm³/mol. The first-order chi connectivity index (χ1) is 18.5. The van der Waals surface area contributed by atoms with Crippen molar-refractivity contribution in [2.45, 2.75) is 0 Å². The molecule has 0 unspecified atom stereocenters. The zero-order valence-corrected chi connectivity index (χ0v) is 20.2. The zero-order chi connectivity index (χ0) is 26.5. The fraction of sp³-hybridized carbons (Fsp3) is 0. The third kappa shape index (κ3) is 5.24. The maximum atomic E-state index is 10.6. The Labute approximate surface area is 219 Å². The Morgan fingerprint density at radius 3 is 1.16 bits per heavy atom. The first-order valence-electron chi connectivity index (χ1n) is 11.9. The van der Waals surface area contributed by atoms with Crippen molar-refractivity contribution in [1.29, 1.82) is 0 Å². The molecule has 0 aliphatic carbocycles. The van der Waals surface area contributed by atoms with Crippen molar-refractivity contribution in [1.82, 2.24) is 0 Å². The summed E-state index contributed by atoms with van der Waals surface area (Å²) >= 11 is 0. The van der Waals surface area contributed by atoms with Gasteiger partial charge in [-0.1, -0.05) is 72.8 Å². The summed E-state index contributed by atoms with van der Waals surface area (Å²) in [4.78, 5) is 9.86. The Morgan fingerprint density at radius 2 is 0.789 bits per heavy atom. The van der Waals surface area contributed by atoms with E-state index in [1.165, 1.54) is 24.3 Å². The maximum Gasteiger partial charge on any atom is 0.128 e. The molecule has 5 rings (SSSR count). The molecule has 0 heterocycles. The summed E-state index contributed by atoms with van der Waals surface area (Å²) in [5.74, 6) is -0.310. The van der Waals surface area contributed by atoms with E-state index in [1.54, 1.807) is 12.1 Å². The van der Waals surface area contributed by atoms with Gasteiger partial charge in [-0.2, -0.15) is 0 Å². The van der Waals surface area contributed by atoms with Crippen LogP contribution in [-0.4, -0.2) is 31.8 Å². The monoisotopic (exact) mass is 500 g/mol. The molecule has 0 aromatic heterocycles. The van der Waals surface area contributed by atoms with Crippen LogP contribution < -0.4 is 0 Å². The number of nitrogens with zero attached hydrogens (tertiary/aromatic N) is 2. The van der Waals surface area contributed by atoms with Crippen LogP contribution in [-0.2, 0) is 0 Å². The Hall–Kier alpha value is -5.36. The fourth-order valence-corrected chi connectivity index (χ4v) is 4.09. The second-order valence-corrected chi connectivity index (χ2v) is 8.54. The SMILES string of the molecule is Oc1ccc(/C(=N/c2ccccc2/N=C(\c2ccccc2)c2ccc(O)cc2O)c2ccccc2)c(O)c1. The lowest BCUT2D eigenvalue weighted by Gasteiger charge is -2.13. The van der Waals surface area contributed by atoms with E-state index >= 15 is 0 Å². The molecular formula is C32H24N2O4. The molecule has 5 aromatic carbocycles. The third-order valence-corrected chi connectivity index (χ3v) is 5.91. The van der Waals surface area contributed by atoms with Gasteiger partial charge in [-0.05, 0) is 36.4 Å². The smallest absolute Gasteiger partial charge is 0.128 e. The largest absolute Gasteiger partial charge is 0.508 e. The first kappa shape index (κ1) is 24.3. The van der Waals surface area contributed by atoms with E-state index in [2.05, 4.69) is 0 Å². The molecule has 0 atom stereocenters. The van der Waals surface area contributed by atoms with Crippen LogP contribution in [0.3, 0.4) is 0 Å². The van der Waals surface area contributed by atoms with Crippen molar-refractivity contribution in [2.75, 3.05) is 0 Å². The number of benzene rings is 5. The molecule has 0 saturated carbocycles. The van der Waals surface area contributed by atoms with E-state index in [1.807, 2.05) is 84.9 Å². The van der Waals surface area contributed by atoms with Crippen LogP contribution in [0.15, 0.2) is 131 Å². The van der Waals surface area contributed by atoms with Crippen molar-refractivity contribution in [3.8, 4) is 23.0 Å². The summed E-state index contributed by atoms with van der Waals surface area (Å²) in [5, 5.41) is 40.9. The van der Waals surface area contributed by atoms with Gasteiger partial charge in [-0.25, -0.2) is 9.98 Å². The van der Waals surface area contributed by atoms with Gasteiger partial charge < -0.3 is 20.4 Å². The van der Waals surface area contributed by atoms with Crippen LogP contribution >= 0.6 is 0 Å². The fourth-order valence-electron chi connectivity index (χ4n) is 4.09. The van der Waals surface area contributed by atoms with Gasteiger partial charge in [0, 0.05) is 34.4 Å². The highest BCUT2D eigenvalue weighted by Gasteiger charge is 2.16. The highest BCUT2D eigenvalue weighted by molar-refractivity contribution is 6.17. The third-order valence-electron chi connectivity index (χ3n) is 5.91. The highest BCUT2D eigenvalue weighted by atomic mass is 16.3. The topological polar surface area (TPSA) is 106 Å². The standard InChI is InChI=1S/C32H24N2O4/c35-23-15-17-25(29(37)19-23)31(21-9-3-1-4-10-21)33-27-13-7-8-14-28(27)34-32(22-11-5-2-6-12-22)26-18-16-24(36)20-30(26)38/h1-20,35-38H/b33-31+,34-32+. The van der Waals surface area contributed by atoms with Gasteiger partial charge in [0.2, 0.25) is 0 Å². The lowest BCUT2D eigenvalue weighted by atomic mass is 10.0. The minimum absolute atomic E-state index is 0.0510. The average Bonchev–Trinajstić information content (AvgIpc) is 2.93. The van der Waals surface area contributed by atoms with E-state index in [4.69, 9.17) is 9.98 Å². The molecule has 0 bridgehead atoms. The van der Waals surface area contributed by atoms with Crippen molar-refractivity contribution in [3.05, 3.63) is 144 Å². The number of phenols is 4. The summed E-state index contributed by atoms with van der Waals surface area (Å²) in [6.07, 6.45) is 0. The van der Waals surface area contributed by atoms with E-state index in [0.29, 0.717) is 33.9 Å². The second-order valence-electron chi connectivity index (χ2n) is 8.54. The van der Waals surface area contributed by atoms with Crippen molar-refractivity contribution >= 4 is 22.8 Å². The molecule has 6 heteroatoms. The number of hydrogen-bond donors (Lipinski definition) is 4.